The van der Waals surface area contributed by atoms with Gasteiger partial charge in [0.25, 0.3) is 0 Å². The third-order valence-corrected chi connectivity index (χ3v) is 5.37. The van der Waals surface area contributed by atoms with Crippen LogP contribution in [0.4, 0.5) is 5.69 Å². The number of nitrogens with one attached hydrogen (secondary N) is 1. The van der Waals surface area contributed by atoms with Crippen molar-refractivity contribution in [3.05, 3.63) is 64.6 Å². The Kier molecular flexibility index (Phi) is 5.01. The Balaban J connectivity index is 1.31. The van der Waals surface area contributed by atoms with E-state index in [2.05, 4.69) is 40.3 Å². The molecule has 1 aliphatic rings. The molecule has 1 heterocycles. The van der Waals surface area contributed by atoms with Gasteiger partial charge in [-0.25, -0.2) is 4.79 Å². The van der Waals surface area contributed by atoms with Crippen LogP contribution in [-0.2, 0) is 4.79 Å². The van der Waals surface area contributed by atoms with Crippen LogP contribution in [-0.4, -0.2) is 17.0 Å². The molecule has 0 spiro atoms. The van der Waals surface area contributed by atoms with E-state index < -0.39 is 5.76 Å². The molecule has 0 unspecified atom stereocenters. The van der Waals surface area contributed by atoms with E-state index >= 15 is 0 Å². The Hall–Kier alpha value is -2.95. The number of nitrogens with zero attached hydrogens (tertiary/aromatic N) is 1. The van der Waals surface area contributed by atoms with Crippen LogP contribution < -0.4 is 5.76 Å². The third-order valence-electron chi connectivity index (χ3n) is 5.37. The molecule has 1 N–H and O–H groups in total. The van der Waals surface area contributed by atoms with E-state index in [0.29, 0.717) is 35.0 Å². The van der Waals surface area contributed by atoms with E-state index in [1.54, 1.807) is 18.2 Å². The number of H-pyrrole nitrogens is 1. The van der Waals surface area contributed by atoms with Gasteiger partial charge >= 0.3 is 5.76 Å². The molecule has 5 nitrogen and oxygen atoms in total. The van der Waals surface area contributed by atoms with Crippen LogP contribution in [0.25, 0.3) is 11.1 Å². The fourth-order valence-electron chi connectivity index (χ4n) is 3.92. The van der Waals surface area contributed by atoms with Crippen molar-refractivity contribution in [1.29, 1.82) is 0 Å². The van der Waals surface area contributed by atoms with Crippen LogP contribution in [0.3, 0.4) is 0 Å². The van der Waals surface area contributed by atoms with Gasteiger partial charge in [0.1, 0.15) is 0 Å². The van der Waals surface area contributed by atoms with Crippen LogP contribution in [0.5, 0.6) is 0 Å². The maximum atomic E-state index is 12.3. The van der Waals surface area contributed by atoms with Crippen molar-refractivity contribution in [3.63, 3.8) is 0 Å². The lowest BCUT2D eigenvalue weighted by Gasteiger charge is -2.28. The van der Waals surface area contributed by atoms with Crippen molar-refractivity contribution in [2.45, 2.75) is 38.0 Å². The van der Waals surface area contributed by atoms with Gasteiger partial charge in [-0.3, -0.25) is 14.8 Å². The maximum absolute atomic E-state index is 12.3. The van der Waals surface area contributed by atoms with Crippen molar-refractivity contribution in [2.24, 2.45) is 10.9 Å². The van der Waals surface area contributed by atoms with Crippen molar-refractivity contribution in [2.75, 3.05) is 0 Å². The zero-order valence-electron chi connectivity index (χ0n) is 15.1. The summed E-state index contributed by atoms with van der Waals surface area (Å²) in [5.41, 5.74) is 3.09. The number of hydrogen-bond donors (Lipinski definition) is 1. The second kappa shape index (κ2) is 7.74. The smallest absolute Gasteiger partial charge is 0.408 e. The molecule has 0 saturated heterocycles. The topological polar surface area (TPSA) is 75.4 Å². The number of carbonyl (C=O) groups excluding carboxylic acids is 1. The molecule has 1 aromatic heterocycles. The first kappa shape index (κ1) is 17.5. The predicted molar refractivity (Wildman–Crippen MR) is 106 cm³/mol. The average molecular weight is 362 g/mol. The number of hydrogen-bond acceptors (Lipinski definition) is 4. The lowest BCUT2D eigenvalue weighted by molar-refractivity contribution is -0.113. The summed E-state index contributed by atoms with van der Waals surface area (Å²) in [6.45, 7) is 0. The van der Waals surface area contributed by atoms with Gasteiger partial charge in [-0.15, -0.1) is 0 Å². The lowest BCUT2D eigenvalue weighted by Crippen LogP contribution is -2.17. The molecule has 1 aliphatic carbocycles. The molecule has 0 atom stereocenters. The largest absolute Gasteiger partial charge is 0.417 e. The van der Waals surface area contributed by atoms with E-state index in [1.165, 1.54) is 11.8 Å². The Morgan fingerprint density at radius 3 is 2.67 bits per heavy atom. The number of oxazole rings is 1. The highest BCUT2D eigenvalue weighted by molar-refractivity contribution is 6.28. The minimum atomic E-state index is -0.492. The highest BCUT2D eigenvalue weighted by Gasteiger charge is 2.23. The van der Waals surface area contributed by atoms with Crippen LogP contribution in [0.2, 0.25) is 0 Å². The number of aliphatic imine (C=N–C) groups is 1. The summed E-state index contributed by atoms with van der Waals surface area (Å²) in [6, 6.07) is 15.8. The number of aromatic amines is 1. The molecule has 0 radical (unpaired) electrons. The van der Waals surface area contributed by atoms with Crippen molar-refractivity contribution in [3.8, 4) is 0 Å². The Morgan fingerprint density at radius 1 is 1.11 bits per heavy atom. The third kappa shape index (κ3) is 4.25. The fraction of sp³-hybridized carbons (Fsp3) is 0.318. The number of aromatic nitrogens is 1. The van der Waals surface area contributed by atoms with E-state index in [4.69, 9.17) is 4.42 Å². The number of benzene rings is 2. The molecule has 0 bridgehead atoms. The summed E-state index contributed by atoms with van der Waals surface area (Å²) < 4.78 is 5.01. The number of rotatable bonds is 5. The molecule has 138 valence electrons. The summed E-state index contributed by atoms with van der Waals surface area (Å²) in [5.74, 6) is 0.616. The zero-order chi connectivity index (χ0) is 18.6. The van der Waals surface area contributed by atoms with Crippen LogP contribution in [0, 0.1) is 5.92 Å². The Morgan fingerprint density at radius 2 is 1.89 bits per heavy atom. The Labute approximate surface area is 157 Å². The first-order chi connectivity index (χ1) is 13.2. The summed E-state index contributed by atoms with van der Waals surface area (Å²) in [5, 5.41) is 0. The minimum Gasteiger partial charge on any atom is -0.408 e. The molecule has 3 aromatic rings. The molecule has 4 rings (SSSR count). The molecule has 0 amide bonds. The zero-order valence-corrected chi connectivity index (χ0v) is 15.1. The molecular formula is C22H22N2O3. The van der Waals surface area contributed by atoms with Gasteiger partial charge in [0.05, 0.1) is 17.4 Å². The van der Waals surface area contributed by atoms with Gasteiger partial charge in [-0.1, -0.05) is 30.3 Å². The second-order valence-corrected chi connectivity index (χ2v) is 7.25. The molecule has 5 heteroatoms. The van der Waals surface area contributed by atoms with Gasteiger partial charge in [-0.2, -0.15) is 0 Å². The summed E-state index contributed by atoms with van der Waals surface area (Å²) in [6.07, 6.45) is 6.39. The van der Waals surface area contributed by atoms with Gasteiger partial charge in [0.2, 0.25) is 0 Å². The molecular weight excluding hydrogens is 340 g/mol. The average Bonchev–Trinajstić information content (AvgIpc) is 3.07. The fourth-order valence-corrected chi connectivity index (χ4v) is 3.92. The van der Waals surface area contributed by atoms with Crippen LogP contribution in [0.1, 0.15) is 43.6 Å². The molecule has 1 saturated carbocycles. The highest BCUT2D eigenvalue weighted by Crippen LogP contribution is 2.36. The van der Waals surface area contributed by atoms with Crippen molar-refractivity contribution >= 4 is 28.8 Å². The van der Waals surface area contributed by atoms with Gasteiger partial charge in [-0.05, 0) is 55.2 Å². The molecule has 0 aliphatic heterocycles. The van der Waals surface area contributed by atoms with E-state index in [0.717, 1.165) is 25.7 Å². The normalized spacial score (nSPS) is 20.3. The van der Waals surface area contributed by atoms with Crippen molar-refractivity contribution < 1.29 is 9.21 Å². The summed E-state index contributed by atoms with van der Waals surface area (Å²) >= 11 is 0. The quantitative estimate of drug-likeness (QED) is 0.665. The number of fused-ring (bicyclic) bond motifs is 1. The van der Waals surface area contributed by atoms with Crippen molar-refractivity contribution in [1.82, 2.24) is 4.98 Å². The molecule has 27 heavy (non-hydrogen) atoms. The molecule has 2 aromatic carbocycles. The summed E-state index contributed by atoms with van der Waals surface area (Å²) in [4.78, 5) is 30.3. The van der Waals surface area contributed by atoms with Crippen LogP contribution >= 0.6 is 0 Å². The number of carbonyl (C=O) groups is 1. The highest BCUT2D eigenvalue weighted by atomic mass is 16.4. The standard InChI is InChI=1S/C22H22N2O3/c25-19(14-23-18-10-11-20-21(13-18)27-22(26)24-20)12-15-6-8-17(9-7-15)16-4-2-1-3-5-16/h1-5,10-11,13-15,17H,6-9,12H2,(H,24,26). The molecule has 1 fully saturated rings. The first-order valence-electron chi connectivity index (χ1n) is 9.42. The summed E-state index contributed by atoms with van der Waals surface area (Å²) in [7, 11) is 0. The first-order valence-corrected chi connectivity index (χ1v) is 9.42. The van der Waals surface area contributed by atoms with Gasteiger partial charge < -0.3 is 4.42 Å². The predicted octanol–water partition coefficient (Wildman–Crippen LogP) is 4.76. The minimum absolute atomic E-state index is 0.0498. The lowest BCUT2D eigenvalue weighted by atomic mass is 9.77. The van der Waals surface area contributed by atoms with Gasteiger partial charge in [0.15, 0.2) is 11.4 Å². The number of Topliss-reactive ketones (excluding diaryl/α,β-unsaturated/α-hetero) is 1. The van der Waals surface area contributed by atoms with Gasteiger partial charge in [0, 0.05) is 12.5 Å². The van der Waals surface area contributed by atoms with Crippen LogP contribution in [0.15, 0.2) is 62.7 Å². The Bertz CT molecular complexity index is 1010. The SMILES string of the molecule is O=C(C=Nc1ccc2[nH]c(=O)oc2c1)CC1CCC(c2ccccc2)CC1. The number of ketones is 1. The van der Waals surface area contributed by atoms with E-state index in [-0.39, 0.29) is 5.78 Å². The monoisotopic (exact) mass is 362 g/mol. The van der Waals surface area contributed by atoms with E-state index in [9.17, 15) is 9.59 Å². The van der Waals surface area contributed by atoms with E-state index in [1.807, 2.05) is 0 Å². The second-order valence-electron chi connectivity index (χ2n) is 7.25. The maximum Gasteiger partial charge on any atom is 0.417 e.